The Labute approximate surface area is 103 Å². The second-order valence-electron chi connectivity index (χ2n) is 3.96. The molecule has 0 spiro atoms. The Hall–Kier alpha value is -2.28. The lowest BCUT2D eigenvalue weighted by Gasteiger charge is -2.13. The fraction of sp³-hybridized carbons (Fsp3) is 0.273. The van der Waals surface area contributed by atoms with Crippen molar-refractivity contribution in [1.82, 2.24) is 9.97 Å². The molecule has 0 saturated carbocycles. The minimum Gasteiger partial charge on any atom is -0.366 e. The molecule has 0 aliphatic carbocycles. The molecule has 0 fully saturated rings. The van der Waals surface area contributed by atoms with Crippen LogP contribution < -0.4 is 11.1 Å². The highest BCUT2D eigenvalue weighted by Gasteiger charge is 2.11. The van der Waals surface area contributed by atoms with Gasteiger partial charge in [-0.3, -0.25) is 10.1 Å². The van der Waals surface area contributed by atoms with E-state index in [0.29, 0.717) is 23.3 Å². The third kappa shape index (κ3) is 2.35. The Bertz CT molecular complexity index is 587. The van der Waals surface area contributed by atoms with Gasteiger partial charge in [0.15, 0.2) is 0 Å². The predicted octanol–water partition coefficient (Wildman–Crippen LogP) is 1.30. The Balaban J connectivity index is 2.51. The van der Waals surface area contributed by atoms with E-state index in [0.717, 1.165) is 0 Å². The molecule has 7 heteroatoms. The molecule has 3 N–H and O–H groups in total. The maximum Gasteiger partial charge on any atom is 0.270 e. The molecule has 2 rings (SSSR count). The zero-order valence-electron chi connectivity index (χ0n) is 9.83. The summed E-state index contributed by atoms with van der Waals surface area (Å²) in [5.41, 5.74) is 6.20. The van der Waals surface area contributed by atoms with E-state index in [4.69, 9.17) is 5.73 Å². The highest BCUT2D eigenvalue weighted by molar-refractivity contribution is 5.90. The molecule has 0 bridgehead atoms. The van der Waals surface area contributed by atoms with Crippen LogP contribution in [0.5, 0.6) is 0 Å². The molecule has 0 aliphatic rings. The van der Waals surface area contributed by atoms with Gasteiger partial charge >= 0.3 is 0 Å². The van der Waals surface area contributed by atoms with Crippen molar-refractivity contribution < 1.29 is 4.92 Å². The van der Waals surface area contributed by atoms with Gasteiger partial charge in [-0.1, -0.05) is 0 Å². The number of nitro groups is 1. The number of hydrogen-bond donors (Lipinski definition) is 2. The van der Waals surface area contributed by atoms with Crippen LogP contribution in [0.2, 0.25) is 0 Å². The summed E-state index contributed by atoms with van der Waals surface area (Å²) in [5, 5.41) is 14.5. The Morgan fingerprint density at radius 3 is 2.94 bits per heavy atom. The van der Waals surface area contributed by atoms with Gasteiger partial charge in [-0.2, -0.15) is 0 Å². The molecule has 1 aromatic carbocycles. The number of rotatable bonds is 4. The number of nitrogens with one attached hydrogen (secondary N) is 1. The lowest BCUT2D eigenvalue weighted by molar-refractivity contribution is -0.384. The summed E-state index contributed by atoms with van der Waals surface area (Å²) in [6, 6.07) is 4.52. The number of fused-ring (bicyclic) bond motifs is 1. The van der Waals surface area contributed by atoms with Crippen LogP contribution >= 0.6 is 0 Å². The van der Waals surface area contributed by atoms with Crippen LogP contribution in [-0.4, -0.2) is 27.5 Å². The summed E-state index contributed by atoms with van der Waals surface area (Å²) in [6.07, 6.45) is 1.42. The van der Waals surface area contributed by atoms with Crippen molar-refractivity contribution in [3.05, 3.63) is 34.6 Å². The molecular formula is C11H13N5O2. The second-order valence-corrected chi connectivity index (χ2v) is 3.96. The average Bonchev–Trinajstić information content (AvgIpc) is 2.38. The number of non-ortho nitro benzene ring substituents is 1. The van der Waals surface area contributed by atoms with E-state index in [1.165, 1.54) is 18.5 Å². The van der Waals surface area contributed by atoms with E-state index in [1.54, 1.807) is 6.07 Å². The van der Waals surface area contributed by atoms with Crippen molar-refractivity contribution in [2.75, 3.05) is 11.9 Å². The molecule has 2 aromatic rings. The lowest BCUT2D eigenvalue weighted by atomic mass is 10.2. The third-order valence-corrected chi connectivity index (χ3v) is 2.57. The number of nitro benzene ring substituents is 1. The highest BCUT2D eigenvalue weighted by Crippen LogP contribution is 2.24. The molecule has 7 nitrogen and oxygen atoms in total. The number of anilines is 1. The number of nitrogens with two attached hydrogens (primary N) is 1. The van der Waals surface area contributed by atoms with Gasteiger partial charge < -0.3 is 11.1 Å². The van der Waals surface area contributed by atoms with Gasteiger partial charge in [0.2, 0.25) is 0 Å². The molecule has 0 radical (unpaired) electrons. The van der Waals surface area contributed by atoms with E-state index < -0.39 is 4.92 Å². The van der Waals surface area contributed by atoms with Gasteiger partial charge in [-0.15, -0.1) is 0 Å². The number of aromatic nitrogens is 2. The summed E-state index contributed by atoms with van der Waals surface area (Å²) >= 11 is 0. The molecule has 0 aliphatic heterocycles. The monoisotopic (exact) mass is 247 g/mol. The van der Waals surface area contributed by atoms with Gasteiger partial charge in [-0.05, 0) is 13.0 Å². The molecule has 1 aromatic heterocycles. The van der Waals surface area contributed by atoms with E-state index in [9.17, 15) is 10.1 Å². The smallest absolute Gasteiger partial charge is 0.270 e. The molecule has 18 heavy (non-hydrogen) atoms. The van der Waals surface area contributed by atoms with E-state index in [1.807, 2.05) is 6.92 Å². The first kappa shape index (κ1) is 12.2. The zero-order valence-corrected chi connectivity index (χ0v) is 9.83. The SMILES string of the molecule is CC(CN)Nc1ncnc2ccc([N+](=O)[O-])cc12. The topological polar surface area (TPSA) is 107 Å². The molecule has 94 valence electrons. The molecule has 0 amide bonds. The van der Waals surface area contributed by atoms with E-state index in [-0.39, 0.29) is 11.7 Å². The van der Waals surface area contributed by atoms with Crippen molar-refractivity contribution in [3.63, 3.8) is 0 Å². The van der Waals surface area contributed by atoms with Crippen molar-refractivity contribution >= 4 is 22.4 Å². The number of benzene rings is 1. The largest absolute Gasteiger partial charge is 0.366 e. The molecular weight excluding hydrogens is 234 g/mol. The summed E-state index contributed by atoms with van der Waals surface area (Å²) in [7, 11) is 0. The molecule has 1 heterocycles. The molecule has 1 unspecified atom stereocenters. The number of hydrogen-bond acceptors (Lipinski definition) is 6. The highest BCUT2D eigenvalue weighted by atomic mass is 16.6. The van der Waals surface area contributed by atoms with Gasteiger partial charge in [0.1, 0.15) is 12.1 Å². The normalized spacial score (nSPS) is 12.3. The van der Waals surface area contributed by atoms with Crippen molar-refractivity contribution in [2.45, 2.75) is 13.0 Å². The van der Waals surface area contributed by atoms with Crippen LogP contribution in [0.4, 0.5) is 11.5 Å². The summed E-state index contributed by atoms with van der Waals surface area (Å²) in [5.74, 6) is 0.557. The maximum absolute atomic E-state index is 10.8. The van der Waals surface area contributed by atoms with Crippen molar-refractivity contribution in [2.24, 2.45) is 5.73 Å². The maximum atomic E-state index is 10.8. The minimum absolute atomic E-state index is 0.0146. The fourth-order valence-electron chi connectivity index (χ4n) is 1.57. The first-order valence-corrected chi connectivity index (χ1v) is 5.47. The van der Waals surface area contributed by atoms with Crippen LogP contribution in [-0.2, 0) is 0 Å². The average molecular weight is 247 g/mol. The standard InChI is InChI=1S/C11H13N5O2/c1-7(5-12)15-11-9-4-8(16(17)18)2-3-10(9)13-6-14-11/h2-4,6-7H,5,12H2,1H3,(H,13,14,15). The lowest BCUT2D eigenvalue weighted by Crippen LogP contribution is -2.25. The van der Waals surface area contributed by atoms with E-state index >= 15 is 0 Å². The second kappa shape index (κ2) is 4.92. The first-order valence-electron chi connectivity index (χ1n) is 5.47. The van der Waals surface area contributed by atoms with Crippen LogP contribution in [0, 0.1) is 10.1 Å². The van der Waals surface area contributed by atoms with Crippen molar-refractivity contribution in [1.29, 1.82) is 0 Å². The van der Waals surface area contributed by atoms with Gasteiger partial charge in [-0.25, -0.2) is 9.97 Å². The van der Waals surface area contributed by atoms with Gasteiger partial charge in [0.05, 0.1) is 10.4 Å². The molecule has 0 saturated heterocycles. The molecule has 1 atom stereocenters. The van der Waals surface area contributed by atoms with Crippen LogP contribution in [0.15, 0.2) is 24.5 Å². The van der Waals surface area contributed by atoms with E-state index in [2.05, 4.69) is 15.3 Å². The predicted molar refractivity (Wildman–Crippen MR) is 68.3 cm³/mol. The first-order chi connectivity index (χ1) is 8.61. The Morgan fingerprint density at radius 2 is 2.28 bits per heavy atom. The van der Waals surface area contributed by atoms with Crippen molar-refractivity contribution in [3.8, 4) is 0 Å². The Kier molecular flexibility index (Phi) is 3.33. The summed E-state index contributed by atoms with van der Waals surface area (Å²) in [6.45, 7) is 2.35. The van der Waals surface area contributed by atoms with Crippen LogP contribution in [0.1, 0.15) is 6.92 Å². The fourth-order valence-corrected chi connectivity index (χ4v) is 1.57. The van der Waals surface area contributed by atoms with Crippen LogP contribution in [0.25, 0.3) is 10.9 Å². The quantitative estimate of drug-likeness (QED) is 0.622. The van der Waals surface area contributed by atoms with Gasteiger partial charge in [0.25, 0.3) is 5.69 Å². The van der Waals surface area contributed by atoms with Crippen LogP contribution in [0.3, 0.4) is 0 Å². The zero-order chi connectivity index (χ0) is 13.1. The van der Waals surface area contributed by atoms with Gasteiger partial charge in [0, 0.05) is 30.1 Å². The third-order valence-electron chi connectivity index (χ3n) is 2.57. The minimum atomic E-state index is -0.442. The Morgan fingerprint density at radius 1 is 1.50 bits per heavy atom. The summed E-state index contributed by atoms with van der Waals surface area (Å²) < 4.78 is 0. The number of nitrogens with zero attached hydrogens (tertiary/aromatic N) is 3. The summed E-state index contributed by atoms with van der Waals surface area (Å²) in [4.78, 5) is 18.5.